The van der Waals surface area contributed by atoms with Crippen LogP contribution in [0.2, 0.25) is 0 Å². The predicted molar refractivity (Wildman–Crippen MR) is 65.5 cm³/mol. The Morgan fingerprint density at radius 2 is 2.19 bits per heavy atom. The lowest BCUT2D eigenvalue weighted by Gasteiger charge is -2.18. The zero-order valence-electron chi connectivity index (χ0n) is 10.8. The normalized spacial score (nSPS) is 26.9. The van der Waals surface area contributed by atoms with Crippen LogP contribution in [0.1, 0.15) is 40.0 Å². The van der Waals surface area contributed by atoms with E-state index in [0.29, 0.717) is 31.3 Å². The zero-order valence-corrected chi connectivity index (χ0v) is 10.8. The van der Waals surface area contributed by atoms with E-state index in [2.05, 4.69) is 26.1 Å². The molecule has 3 heteroatoms. The average Bonchev–Trinajstić information content (AvgIpc) is 2.66. The van der Waals surface area contributed by atoms with Gasteiger partial charge in [-0.3, -0.25) is 4.79 Å². The van der Waals surface area contributed by atoms with E-state index in [1.54, 1.807) is 0 Å². The van der Waals surface area contributed by atoms with Crippen LogP contribution in [-0.4, -0.2) is 31.6 Å². The fraction of sp³-hybridized carbons (Fsp3) is 0.923. The van der Waals surface area contributed by atoms with E-state index in [0.717, 1.165) is 19.4 Å². The SMILES string of the molecule is CCCC(C)CC(=O)C1COCC1NCC. The molecule has 1 aliphatic heterocycles. The first kappa shape index (κ1) is 13.7. The number of carbonyl (C=O) groups is 1. The van der Waals surface area contributed by atoms with Crippen LogP contribution in [0.3, 0.4) is 0 Å². The Hall–Kier alpha value is -0.410. The number of rotatable bonds is 7. The van der Waals surface area contributed by atoms with E-state index < -0.39 is 0 Å². The summed E-state index contributed by atoms with van der Waals surface area (Å²) in [5.41, 5.74) is 0. The van der Waals surface area contributed by atoms with Gasteiger partial charge in [-0.25, -0.2) is 0 Å². The topological polar surface area (TPSA) is 38.3 Å². The van der Waals surface area contributed by atoms with E-state index >= 15 is 0 Å². The molecule has 0 aliphatic carbocycles. The number of Topliss-reactive ketones (excluding diaryl/α,β-unsaturated/α-hetero) is 1. The fourth-order valence-electron chi connectivity index (χ4n) is 2.42. The molecule has 3 atom stereocenters. The molecule has 16 heavy (non-hydrogen) atoms. The van der Waals surface area contributed by atoms with Crippen molar-refractivity contribution in [1.82, 2.24) is 5.32 Å². The molecule has 1 fully saturated rings. The van der Waals surface area contributed by atoms with Crippen molar-refractivity contribution in [1.29, 1.82) is 0 Å². The van der Waals surface area contributed by atoms with E-state index in [1.165, 1.54) is 0 Å². The van der Waals surface area contributed by atoms with E-state index in [9.17, 15) is 4.79 Å². The van der Waals surface area contributed by atoms with Crippen molar-refractivity contribution in [2.45, 2.75) is 46.1 Å². The van der Waals surface area contributed by atoms with Crippen LogP contribution >= 0.6 is 0 Å². The maximum Gasteiger partial charge on any atom is 0.140 e. The highest BCUT2D eigenvalue weighted by atomic mass is 16.5. The second-order valence-corrected chi connectivity index (χ2v) is 4.87. The average molecular weight is 227 g/mol. The Morgan fingerprint density at radius 3 is 2.81 bits per heavy atom. The minimum Gasteiger partial charge on any atom is -0.379 e. The fourth-order valence-corrected chi connectivity index (χ4v) is 2.42. The van der Waals surface area contributed by atoms with Gasteiger partial charge in [-0.15, -0.1) is 0 Å². The summed E-state index contributed by atoms with van der Waals surface area (Å²) >= 11 is 0. The smallest absolute Gasteiger partial charge is 0.140 e. The third-order valence-electron chi connectivity index (χ3n) is 3.29. The molecule has 94 valence electrons. The van der Waals surface area contributed by atoms with Gasteiger partial charge in [-0.2, -0.15) is 0 Å². The Bertz CT molecular complexity index is 218. The van der Waals surface area contributed by atoms with Crippen LogP contribution < -0.4 is 5.32 Å². The van der Waals surface area contributed by atoms with Crippen molar-refractivity contribution in [3.05, 3.63) is 0 Å². The highest BCUT2D eigenvalue weighted by Gasteiger charge is 2.33. The quantitative estimate of drug-likeness (QED) is 0.723. The molecule has 0 radical (unpaired) electrons. The van der Waals surface area contributed by atoms with Crippen LogP contribution in [0.5, 0.6) is 0 Å². The summed E-state index contributed by atoms with van der Waals surface area (Å²) < 4.78 is 5.40. The van der Waals surface area contributed by atoms with Gasteiger partial charge in [0.15, 0.2) is 0 Å². The van der Waals surface area contributed by atoms with Crippen molar-refractivity contribution in [3.8, 4) is 0 Å². The van der Waals surface area contributed by atoms with Crippen molar-refractivity contribution in [2.24, 2.45) is 11.8 Å². The highest BCUT2D eigenvalue weighted by molar-refractivity contribution is 5.82. The number of hydrogen-bond acceptors (Lipinski definition) is 3. The Labute approximate surface area is 98.9 Å². The lowest BCUT2D eigenvalue weighted by atomic mass is 9.90. The maximum absolute atomic E-state index is 12.1. The van der Waals surface area contributed by atoms with Crippen molar-refractivity contribution in [2.75, 3.05) is 19.8 Å². The molecule has 0 aromatic heterocycles. The minimum atomic E-state index is 0.0826. The molecular weight excluding hydrogens is 202 g/mol. The third kappa shape index (κ3) is 3.87. The summed E-state index contributed by atoms with van der Waals surface area (Å²) in [6.07, 6.45) is 3.02. The molecule has 0 aromatic carbocycles. The zero-order chi connectivity index (χ0) is 12.0. The van der Waals surface area contributed by atoms with Crippen LogP contribution in [0.25, 0.3) is 0 Å². The summed E-state index contributed by atoms with van der Waals surface area (Å²) in [5.74, 6) is 0.976. The summed E-state index contributed by atoms with van der Waals surface area (Å²) in [4.78, 5) is 12.1. The second-order valence-electron chi connectivity index (χ2n) is 4.87. The van der Waals surface area contributed by atoms with Crippen molar-refractivity contribution in [3.63, 3.8) is 0 Å². The van der Waals surface area contributed by atoms with Crippen LogP contribution in [0.4, 0.5) is 0 Å². The molecule has 0 aromatic rings. The predicted octanol–water partition coefficient (Wildman–Crippen LogP) is 2.01. The first-order chi connectivity index (χ1) is 7.69. The summed E-state index contributed by atoms with van der Waals surface area (Å²) in [7, 11) is 0. The monoisotopic (exact) mass is 227 g/mol. The molecule has 1 heterocycles. The van der Waals surface area contributed by atoms with Gasteiger partial charge < -0.3 is 10.1 Å². The molecule has 0 saturated carbocycles. The van der Waals surface area contributed by atoms with Gasteiger partial charge in [0.05, 0.1) is 19.1 Å². The van der Waals surface area contributed by atoms with Crippen molar-refractivity contribution < 1.29 is 9.53 Å². The van der Waals surface area contributed by atoms with Gasteiger partial charge in [0.2, 0.25) is 0 Å². The summed E-state index contributed by atoms with van der Waals surface area (Å²) in [6.45, 7) is 8.60. The van der Waals surface area contributed by atoms with Gasteiger partial charge in [0.25, 0.3) is 0 Å². The van der Waals surface area contributed by atoms with E-state index in [-0.39, 0.29) is 12.0 Å². The molecule has 3 unspecified atom stereocenters. The van der Waals surface area contributed by atoms with Crippen LogP contribution in [0, 0.1) is 11.8 Å². The summed E-state index contributed by atoms with van der Waals surface area (Å²) in [5, 5.41) is 3.33. The van der Waals surface area contributed by atoms with Gasteiger partial charge in [0, 0.05) is 12.5 Å². The maximum atomic E-state index is 12.1. The molecule has 0 bridgehead atoms. The van der Waals surface area contributed by atoms with E-state index in [4.69, 9.17) is 4.74 Å². The van der Waals surface area contributed by atoms with Gasteiger partial charge in [0.1, 0.15) is 5.78 Å². The summed E-state index contributed by atoms with van der Waals surface area (Å²) in [6, 6.07) is 0.242. The number of ether oxygens (including phenoxy) is 1. The lowest BCUT2D eigenvalue weighted by Crippen LogP contribution is -2.39. The molecule has 1 aliphatic rings. The molecule has 0 amide bonds. The Balaban J connectivity index is 2.40. The van der Waals surface area contributed by atoms with Crippen molar-refractivity contribution >= 4 is 5.78 Å². The second kappa shape index (κ2) is 7.02. The van der Waals surface area contributed by atoms with Crippen LogP contribution in [-0.2, 0) is 9.53 Å². The number of ketones is 1. The van der Waals surface area contributed by atoms with E-state index in [1.807, 2.05) is 0 Å². The molecule has 1 N–H and O–H groups in total. The molecular formula is C13H25NO2. The Kier molecular flexibility index (Phi) is 5.99. The Morgan fingerprint density at radius 1 is 1.44 bits per heavy atom. The first-order valence-corrected chi connectivity index (χ1v) is 6.52. The van der Waals surface area contributed by atoms with Gasteiger partial charge in [-0.05, 0) is 12.5 Å². The lowest BCUT2D eigenvalue weighted by molar-refractivity contribution is -0.124. The van der Waals surface area contributed by atoms with Gasteiger partial charge >= 0.3 is 0 Å². The number of hydrogen-bond donors (Lipinski definition) is 1. The largest absolute Gasteiger partial charge is 0.379 e. The standard InChI is InChI=1S/C13H25NO2/c1-4-6-10(3)7-13(15)11-8-16-9-12(11)14-5-2/h10-12,14H,4-9H2,1-3H3. The third-order valence-corrected chi connectivity index (χ3v) is 3.29. The number of carbonyl (C=O) groups excluding carboxylic acids is 1. The first-order valence-electron chi connectivity index (χ1n) is 6.52. The molecule has 1 rings (SSSR count). The van der Waals surface area contributed by atoms with Gasteiger partial charge in [-0.1, -0.05) is 33.6 Å². The number of likely N-dealkylation sites (N-methyl/N-ethyl adjacent to an activating group) is 1. The molecule has 0 spiro atoms. The number of nitrogens with one attached hydrogen (secondary N) is 1. The molecule has 3 nitrogen and oxygen atoms in total. The minimum absolute atomic E-state index is 0.0826. The highest BCUT2D eigenvalue weighted by Crippen LogP contribution is 2.20. The van der Waals surface area contributed by atoms with Crippen LogP contribution in [0.15, 0.2) is 0 Å². The molecule has 1 saturated heterocycles.